The molecule has 0 aromatic rings. The van der Waals surface area contributed by atoms with Crippen LogP contribution in [-0.4, -0.2) is 27.7 Å². The second kappa shape index (κ2) is 5.48. The Kier molecular flexibility index (Phi) is 4.77. The van der Waals surface area contributed by atoms with Gasteiger partial charge in [-0.2, -0.15) is 0 Å². The van der Waals surface area contributed by atoms with E-state index in [-0.39, 0.29) is 11.5 Å². The molecule has 0 saturated heterocycles. The van der Waals surface area contributed by atoms with Crippen molar-refractivity contribution in [3.05, 3.63) is 0 Å². The third-order valence-corrected chi connectivity index (χ3v) is 4.14. The maximum absolute atomic E-state index is 10.1. The molecule has 0 radical (unpaired) electrons. The summed E-state index contributed by atoms with van der Waals surface area (Å²) in [7, 11) is 0. The average Bonchev–Trinajstić information content (AvgIpc) is 2.14. The van der Waals surface area contributed by atoms with Crippen LogP contribution in [0.15, 0.2) is 0 Å². The fourth-order valence-electron chi connectivity index (χ4n) is 2.95. The molecule has 1 fully saturated rings. The van der Waals surface area contributed by atoms with Crippen molar-refractivity contribution in [2.45, 2.75) is 65.3 Å². The van der Waals surface area contributed by atoms with Crippen molar-refractivity contribution in [1.82, 2.24) is 0 Å². The number of aliphatic hydroxyl groups is 3. The molecule has 96 valence electrons. The molecule has 3 heteroatoms. The second-order valence-corrected chi connectivity index (χ2v) is 6.05. The van der Waals surface area contributed by atoms with Crippen LogP contribution in [0.3, 0.4) is 0 Å². The van der Waals surface area contributed by atoms with Gasteiger partial charge in [0, 0.05) is 0 Å². The molecule has 0 amide bonds. The Morgan fingerprint density at radius 2 is 1.94 bits per heavy atom. The van der Waals surface area contributed by atoms with Crippen molar-refractivity contribution in [3.63, 3.8) is 0 Å². The predicted molar refractivity (Wildman–Crippen MR) is 63.8 cm³/mol. The van der Waals surface area contributed by atoms with E-state index in [9.17, 15) is 5.11 Å². The van der Waals surface area contributed by atoms with Gasteiger partial charge < -0.3 is 15.3 Å². The lowest BCUT2D eigenvalue weighted by Gasteiger charge is -2.42. The minimum absolute atomic E-state index is 0.0779. The lowest BCUT2D eigenvalue weighted by atomic mass is 9.65. The van der Waals surface area contributed by atoms with Crippen molar-refractivity contribution < 1.29 is 15.3 Å². The third kappa shape index (κ3) is 3.72. The zero-order chi connectivity index (χ0) is 12.3. The summed E-state index contributed by atoms with van der Waals surface area (Å²) >= 11 is 0. The molecule has 0 heterocycles. The molecule has 3 unspecified atom stereocenters. The van der Waals surface area contributed by atoms with E-state index in [4.69, 9.17) is 10.2 Å². The summed E-state index contributed by atoms with van der Waals surface area (Å²) in [5.41, 5.74) is 0.0779. The van der Waals surface area contributed by atoms with Crippen LogP contribution < -0.4 is 0 Å². The molecule has 0 aliphatic heterocycles. The van der Waals surface area contributed by atoms with Gasteiger partial charge in [0.1, 0.15) is 0 Å². The Morgan fingerprint density at radius 1 is 1.31 bits per heavy atom. The highest BCUT2D eigenvalue weighted by molar-refractivity contribution is 4.88. The molecular weight excluding hydrogens is 204 g/mol. The van der Waals surface area contributed by atoms with E-state index < -0.39 is 6.29 Å². The first-order chi connectivity index (χ1) is 7.34. The minimum Gasteiger partial charge on any atom is -0.393 e. The first-order valence-electron chi connectivity index (χ1n) is 6.38. The van der Waals surface area contributed by atoms with Crippen LogP contribution >= 0.6 is 0 Å². The van der Waals surface area contributed by atoms with Crippen LogP contribution in [0.25, 0.3) is 0 Å². The van der Waals surface area contributed by atoms with Gasteiger partial charge in [0.25, 0.3) is 0 Å². The van der Waals surface area contributed by atoms with Crippen molar-refractivity contribution >= 4 is 0 Å². The van der Waals surface area contributed by atoms with Gasteiger partial charge >= 0.3 is 0 Å². The van der Waals surface area contributed by atoms with Crippen molar-refractivity contribution in [3.8, 4) is 0 Å². The van der Waals surface area contributed by atoms with Crippen LogP contribution in [0.5, 0.6) is 0 Å². The molecule has 3 atom stereocenters. The van der Waals surface area contributed by atoms with Crippen LogP contribution in [0, 0.1) is 17.3 Å². The second-order valence-electron chi connectivity index (χ2n) is 6.05. The van der Waals surface area contributed by atoms with E-state index in [1.165, 1.54) is 0 Å². The largest absolute Gasteiger partial charge is 0.393 e. The molecular formula is C13H26O3. The SMILES string of the molecule is CC(C)C1CCC(C)(CCC(O)O)CC1O. The Morgan fingerprint density at radius 3 is 2.38 bits per heavy atom. The van der Waals surface area contributed by atoms with Crippen LogP contribution in [0.2, 0.25) is 0 Å². The summed E-state index contributed by atoms with van der Waals surface area (Å²) in [6, 6.07) is 0. The summed E-state index contributed by atoms with van der Waals surface area (Å²) in [5, 5.41) is 27.9. The zero-order valence-electron chi connectivity index (χ0n) is 10.7. The monoisotopic (exact) mass is 230 g/mol. The molecule has 3 nitrogen and oxygen atoms in total. The summed E-state index contributed by atoms with van der Waals surface area (Å²) in [4.78, 5) is 0. The van der Waals surface area contributed by atoms with Crippen LogP contribution in [0.4, 0.5) is 0 Å². The van der Waals surface area contributed by atoms with E-state index in [1.807, 2.05) is 0 Å². The topological polar surface area (TPSA) is 60.7 Å². The van der Waals surface area contributed by atoms with Gasteiger partial charge in [0.15, 0.2) is 6.29 Å². The summed E-state index contributed by atoms with van der Waals surface area (Å²) in [5.74, 6) is 0.940. The van der Waals surface area contributed by atoms with Crippen molar-refractivity contribution in [2.24, 2.45) is 17.3 Å². The quantitative estimate of drug-likeness (QED) is 0.646. The summed E-state index contributed by atoms with van der Waals surface area (Å²) in [6.07, 6.45) is 2.69. The molecule has 0 spiro atoms. The lowest BCUT2D eigenvalue weighted by Crippen LogP contribution is -2.38. The van der Waals surface area contributed by atoms with Gasteiger partial charge in [-0.05, 0) is 49.4 Å². The fraction of sp³-hybridized carbons (Fsp3) is 1.00. The van der Waals surface area contributed by atoms with E-state index in [2.05, 4.69) is 20.8 Å². The molecule has 0 aromatic carbocycles. The maximum atomic E-state index is 10.1. The van der Waals surface area contributed by atoms with Gasteiger partial charge in [-0.25, -0.2) is 0 Å². The molecule has 16 heavy (non-hydrogen) atoms. The zero-order valence-corrected chi connectivity index (χ0v) is 10.7. The fourth-order valence-corrected chi connectivity index (χ4v) is 2.95. The van der Waals surface area contributed by atoms with E-state index >= 15 is 0 Å². The average molecular weight is 230 g/mol. The minimum atomic E-state index is -1.21. The van der Waals surface area contributed by atoms with E-state index in [1.54, 1.807) is 0 Å². The van der Waals surface area contributed by atoms with E-state index in [0.717, 1.165) is 25.7 Å². The number of hydrogen-bond acceptors (Lipinski definition) is 3. The molecule has 1 aliphatic rings. The first kappa shape index (κ1) is 13.9. The predicted octanol–water partition coefficient (Wildman–Crippen LogP) is 1.90. The van der Waals surface area contributed by atoms with Gasteiger partial charge in [-0.3, -0.25) is 0 Å². The molecule has 1 rings (SSSR count). The molecule has 1 aliphatic carbocycles. The Balaban J connectivity index is 2.48. The smallest absolute Gasteiger partial charge is 0.151 e. The molecule has 0 aromatic heterocycles. The lowest BCUT2D eigenvalue weighted by molar-refractivity contribution is -0.0655. The van der Waals surface area contributed by atoms with Crippen LogP contribution in [-0.2, 0) is 0 Å². The summed E-state index contributed by atoms with van der Waals surface area (Å²) in [6.45, 7) is 6.47. The third-order valence-electron chi connectivity index (χ3n) is 4.14. The van der Waals surface area contributed by atoms with Gasteiger partial charge in [0.05, 0.1) is 6.10 Å². The Bertz CT molecular complexity index is 215. The number of aliphatic hydroxyl groups excluding tert-OH is 2. The molecule has 1 saturated carbocycles. The van der Waals surface area contributed by atoms with E-state index in [0.29, 0.717) is 18.3 Å². The normalized spacial score (nSPS) is 36.0. The Labute approximate surface area is 98.5 Å². The number of rotatable bonds is 4. The van der Waals surface area contributed by atoms with Gasteiger partial charge in [-0.15, -0.1) is 0 Å². The van der Waals surface area contributed by atoms with Gasteiger partial charge in [0.2, 0.25) is 0 Å². The standard InChI is InChI=1S/C13H26O3/c1-9(2)10-4-6-13(3,8-11(10)14)7-5-12(15)16/h9-12,14-16H,4-8H2,1-3H3. The van der Waals surface area contributed by atoms with Crippen molar-refractivity contribution in [2.75, 3.05) is 0 Å². The first-order valence-corrected chi connectivity index (χ1v) is 6.38. The molecule has 3 N–H and O–H groups in total. The number of hydrogen-bond donors (Lipinski definition) is 3. The van der Waals surface area contributed by atoms with Crippen LogP contribution in [0.1, 0.15) is 52.9 Å². The highest BCUT2D eigenvalue weighted by Crippen LogP contribution is 2.44. The van der Waals surface area contributed by atoms with Crippen molar-refractivity contribution in [1.29, 1.82) is 0 Å². The highest BCUT2D eigenvalue weighted by Gasteiger charge is 2.37. The Hall–Kier alpha value is -0.120. The highest BCUT2D eigenvalue weighted by atomic mass is 16.5. The summed E-state index contributed by atoms with van der Waals surface area (Å²) < 4.78 is 0. The molecule has 0 bridgehead atoms. The van der Waals surface area contributed by atoms with Gasteiger partial charge in [-0.1, -0.05) is 20.8 Å². The maximum Gasteiger partial charge on any atom is 0.151 e.